The Morgan fingerprint density at radius 3 is 2.76 bits per heavy atom. The molecule has 1 unspecified atom stereocenters. The SMILES string of the molecule is CNCC1(C(=O)N(C)C2CCCN(C)C2)CC1. The molecule has 1 N–H and O–H groups in total. The zero-order valence-corrected chi connectivity index (χ0v) is 11.3. The van der Waals surface area contributed by atoms with Crippen molar-refractivity contribution >= 4 is 5.91 Å². The van der Waals surface area contributed by atoms with Gasteiger partial charge in [-0.1, -0.05) is 0 Å². The van der Waals surface area contributed by atoms with E-state index in [1.807, 2.05) is 19.0 Å². The average molecular weight is 239 g/mol. The summed E-state index contributed by atoms with van der Waals surface area (Å²) in [6.45, 7) is 3.02. The molecule has 0 aromatic rings. The van der Waals surface area contributed by atoms with Crippen molar-refractivity contribution in [3.05, 3.63) is 0 Å². The summed E-state index contributed by atoms with van der Waals surface area (Å²) in [6.07, 6.45) is 4.47. The molecule has 0 aromatic heterocycles. The van der Waals surface area contributed by atoms with E-state index in [0.29, 0.717) is 11.9 Å². The van der Waals surface area contributed by atoms with Gasteiger partial charge in [-0.3, -0.25) is 4.79 Å². The second-order valence-corrected chi connectivity index (χ2v) is 5.79. The lowest BCUT2D eigenvalue weighted by Crippen LogP contribution is -2.50. The fourth-order valence-electron chi connectivity index (χ4n) is 2.95. The zero-order valence-electron chi connectivity index (χ0n) is 11.3. The number of rotatable bonds is 4. The van der Waals surface area contributed by atoms with Crippen LogP contribution in [0.4, 0.5) is 0 Å². The first kappa shape index (κ1) is 12.8. The van der Waals surface area contributed by atoms with E-state index in [4.69, 9.17) is 0 Å². The molecular formula is C13H25N3O. The highest BCUT2D eigenvalue weighted by molar-refractivity contribution is 5.85. The Morgan fingerprint density at radius 1 is 1.53 bits per heavy atom. The van der Waals surface area contributed by atoms with E-state index >= 15 is 0 Å². The van der Waals surface area contributed by atoms with Gasteiger partial charge in [0.15, 0.2) is 0 Å². The first-order valence-corrected chi connectivity index (χ1v) is 6.69. The number of likely N-dealkylation sites (N-methyl/N-ethyl adjacent to an activating group) is 2. The number of carbonyl (C=O) groups excluding carboxylic acids is 1. The fraction of sp³-hybridized carbons (Fsp3) is 0.923. The Morgan fingerprint density at radius 2 is 2.24 bits per heavy atom. The summed E-state index contributed by atoms with van der Waals surface area (Å²) in [5.74, 6) is 0.354. The van der Waals surface area contributed by atoms with Gasteiger partial charge in [-0.25, -0.2) is 0 Å². The van der Waals surface area contributed by atoms with Crippen LogP contribution in [0.3, 0.4) is 0 Å². The number of hydrogen-bond acceptors (Lipinski definition) is 3. The second-order valence-electron chi connectivity index (χ2n) is 5.79. The number of amides is 1. The van der Waals surface area contributed by atoms with Gasteiger partial charge >= 0.3 is 0 Å². The maximum atomic E-state index is 12.5. The lowest BCUT2D eigenvalue weighted by Gasteiger charge is -2.37. The normalized spacial score (nSPS) is 27.8. The van der Waals surface area contributed by atoms with Gasteiger partial charge in [0.2, 0.25) is 5.91 Å². The maximum Gasteiger partial charge on any atom is 0.230 e. The molecule has 0 bridgehead atoms. The second kappa shape index (κ2) is 4.94. The van der Waals surface area contributed by atoms with Crippen LogP contribution in [-0.4, -0.2) is 62.5 Å². The van der Waals surface area contributed by atoms with Crippen LogP contribution in [0.15, 0.2) is 0 Å². The predicted octanol–water partition coefficient (Wildman–Crippen LogP) is 0.539. The quantitative estimate of drug-likeness (QED) is 0.778. The third-order valence-corrected chi connectivity index (χ3v) is 4.29. The van der Waals surface area contributed by atoms with E-state index in [1.165, 1.54) is 13.0 Å². The highest BCUT2D eigenvalue weighted by atomic mass is 16.2. The van der Waals surface area contributed by atoms with E-state index in [1.54, 1.807) is 0 Å². The van der Waals surface area contributed by atoms with E-state index in [-0.39, 0.29) is 5.41 Å². The molecule has 2 aliphatic rings. The number of nitrogens with zero attached hydrogens (tertiary/aromatic N) is 2. The molecule has 1 saturated carbocycles. The Hall–Kier alpha value is -0.610. The van der Waals surface area contributed by atoms with Crippen molar-refractivity contribution in [3.8, 4) is 0 Å². The maximum absolute atomic E-state index is 12.5. The summed E-state index contributed by atoms with van der Waals surface area (Å²) in [5, 5.41) is 3.16. The van der Waals surface area contributed by atoms with E-state index in [2.05, 4.69) is 17.3 Å². The minimum absolute atomic E-state index is 0.0699. The van der Waals surface area contributed by atoms with Crippen LogP contribution in [0.1, 0.15) is 25.7 Å². The van der Waals surface area contributed by atoms with Crippen molar-refractivity contribution < 1.29 is 4.79 Å². The molecule has 1 amide bonds. The van der Waals surface area contributed by atoms with Crippen LogP contribution in [0.5, 0.6) is 0 Å². The van der Waals surface area contributed by atoms with Crippen LogP contribution in [0.25, 0.3) is 0 Å². The molecular weight excluding hydrogens is 214 g/mol. The molecule has 2 rings (SSSR count). The smallest absolute Gasteiger partial charge is 0.230 e. The molecule has 0 radical (unpaired) electrons. The molecule has 0 aromatic carbocycles. The summed E-state index contributed by atoms with van der Waals surface area (Å²) >= 11 is 0. The highest BCUT2D eigenvalue weighted by Gasteiger charge is 2.51. The lowest BCUT2D eigenvalue weighted by molar-refractivity contribution is -0.138. The Balaban J connectivity index is 1.95. The van der Waals surface area contributed by atoms with Crippen LogP contribution in [-0.2, 0) is 4.79 Å². The number of piperidine rings is 1. The van der Waals surface area contributed by atoms with Gasteiger partial charge in [0.05, 0.1) is 5.41 Å². The third-order valence-electron chi connectivity index (χ3n) is 4.29. The minimum atomic E-state index is -0.0699. The van der Waals surface area contributed by atoms with Crippen molar-refractivity contribution in [2.24, 2.45) is 5.41 Å². The molecule has 1 aliphatic heterocycles. The van der Waals surface area contributed by atoms with Crippen LogP contribution in [0.2, 0.25) is 0 Å². The standard InChI is InChI=1S/C13H25N3O/c1-14-10-13(6-7-13)12(17)16(3)11-5-4-8-15(2)9-11/h11,14H,4-10H2,1-3H3. The summed E-state index contributed by atoms with van der Waals surface area (Å²) in [6, 6.07) is 0.413. The lowest BCUT2D eigenvalue weighted by atomic mass is 10.0. The zero-order chi connectivity index (χ0) is 12.5. The number of likely N-dealkylation sites (tertiary alicyclic amines) is 1. The van der Waals surface area contributed by atoms with Crippen molar-refractivity contribution in [2.75, 3.05) is 40.8 Å². The number of carbonyl (C=O) groups is 1. The predicted molar refractivity (Wildman–Crippen MR) is 68.9 cm³/mol. The van der Waals surface area contributed by atoms with E-state index in [9.17, 15) is 4.79 Å². The van der Waals surface area contributed by atoms with Crippen molar-refractivity contribution in [1.29, 1.82) is 0 Å². The first-order chi connectivity index (χ1) is 8.09. The highest BCUT2D eigenvalue weighted by Crippen LogP contribution is 2.46. The van der Waals surface area contributed by atoms with Gasteiger partial charge in [0.1, 0.15) is 0 Å². The van der Waals surface area contributed by atoms with Crippen molar-refractivity contribution in [3.63, 3.8) is 0 Å². The summed E-state index contributed by atoms with van der Waals surface area (Å²) in [7, 11) is 6.06. The Kier molecular flexibility index (Phi) is 3.73. The van der Waals surface area contributed by atoms with Gasteiger partial charge in [0, 0.05) is 26.2 Å². The van der Waals surface area contributed by atoms with Crippen molar-refractivity contribution in [2.45, 2.75) is 31.7 Å². The van der Waals surface area contributed by atoms with E-state index < -0.39 is 0 Å². The molecule has 1 aliphatic carbocycles. The van der Waals surface area contributed by atoms with Crippen LogP contribution in [0, 0.1) is 5.41 Å². The fourth-order valence-corrected chi connectivity index (χ4v) is 2.95. The minimum Gasteiger partial charge on any atom is -0.341 e. The number of nitrogens with one attached hydrogen (secondary N) is 1. The molecule has 2 fully saturated rings. The monoisotopic (exact) mass is 239 g/mol. The first-order valence-electron chi connectivity index (χ1n) is 6.69. The molecule has 1 saturated heterocycles. The van der Waals surface area contributed by atoms with Gasteiger partial charge < -0.3 is 15.1 Å². The van der Waals surface area contributed by atoms with Gasteiger partial charge in [-0.15, -0.1) is 0 Å². The van der Waals surface area contributed by atoms with Gasteiger partial charge in [0.25, 0.3) is 0 Å². The third kappa shape index (κ3) is 2.63. The van der Waals surface area contributed by atoms with E-state index in [0.717, 1.165) is 32.4 Å². The topological polar surface area (TPSA) is 35.6 Å². The Bertz CT molecular complexity index is 288. The molecule has 4 heteroatoms. The Labute approximate surface area is 104 Å². The van der Waals surface area contributed by atoms with Gasteiger partial charge in [-0.2, -0.15) is 0 Å². The molecule has 4 nitrogen and oxygen atoms in total. The van der Waals surface area contributed by atoms with Crippen LogP contribution >= 0.6 is 0 Å². The summed E-state index contributed by atoms with van der Waals surface area (Å²) in [4.78, 5) is 16.8. The largest absolute Gasteiger partial charge is 0.341 e. The average Bonchev–Trinajstić information content (AvgIpc) is 3.09. The summed E-state index contributed by atoms with van der Waals surface area (Å²) < 4.78 is 0. The van der Waals surface area contributed by atoms with Crippen LogP contribution < -0.4 is 5.32 Å². The molecule has 98 valence electrons. The summed E-state index contributed by atoms with van der Waals surface area (Å²) in [5.41, 5.74) is -0.0699. The van der Waals surface area contributed by atoms with Crippen molar-refractivity contribution in [1.82, 2.24) is 15.1 Å². The molecule has 1 atom stereocenters. The molecule has 0 spiro atoms. The van der Waals surface area contributed by atoms with Gasteiger partial charge in [-0.05, 0) is 46.3 Å². The molecule has 1 heterocycles. The number of hydrogen-bond donors (Lipinski definition) is 1. The molecule has 17 heavy (non-hydrogen) atoms.